The maximum Gasteiger partial charge on any atom is 0.237 e. The number of benzene rings is 1. The van der Waals surface area contributed by atoms with Gasteiger partial charge in [0.25, 0.3) is 0 Å². The number of amides is 1. The molecule has 1 aliphatic heterocycles. The van der Waals surface area contributed by atoms with Crippen LogP contribution >= 0.6 is 11.6 Å². The largest absolute Gasteiger partial charge is 0.390 e. The molecular formula is C14H19ClN2O2. The van der Waals surface area contributed by atoms with Gasteiger partial charge in [-0.15, -0.1) is 11.6 Å². The van der Waals surface area contributed by atoms with Crippen LogP contribution in [-0.4, -0.2) is 42.1 Å². The minimum Gasteiger partial charge on any atom is -0.390 e. The highest BCUT2D eigenvalue weighted by molar-refractivity contribution is 6.18. The topological polar surface area (TPSA) is 61.4 Å². The summed E-state index contributed by atoms with van der Waals surface area (Å²) in [5.41, 5.74) is 2.51. The standard InChI is InChI=1S/C14H19ClN2O2/c15-8-12(18)9-17-14(19)13-7-11-4-2-1-3-10(11)5-6-16-13/h1-4,12-13,16,18H,5-9H2,(H,17,19)/t12-,13?/m0/s1. The molecule has 2 rings (SSSR count). The monoisotopic (exact) mass is 282 g/mol. The molecule has 3 N–H and O–H groups in total. The number of alkyl halides is 1. The van der Waals surface area contributed by atoms with Gasteiger partial charge in [0.2, 0.25) is 5.91 Å². The van der Waals surface area contributed by atoms with E-state index in [-0.39, 0.29) is 24.4 Å². The quantitative estimate of drug-likeness (QED) is 0.703. The van der Waals surface area contributed by atoms with Gasteiger partial charge in [-0.1, -0.05) is 24.3 Å². The number of aliphatic hydroxyl groups is 1. The van der Waals surface area contributed by atoms with Crippen molar-refractivity contribution >= 4 is 17.5 Å². The van der Waals surface area contributed by atoms with Gasteiger partial charge < -0.3 is 15.7 Å². The predicted octanol–water partition coefficient (Wildman–Crippen LogP) is 0.459. The summed E-state index contributed by atoms with van der Waals surface area (Å²) < 4.78 is 0. The Hall–Kier alpha value is -1.10. The lowest BCUT2D eigenvalue weighted by Crippen LogP contribution is -2.47. The van der Waals surface area contributed by atoms with E-state index in [1.807, 2.05) is 12.1 Å². The van der Waals surface area contributed by atoms with E-state index in [0.717, 1.165) is 13.0 Å². The third kappa shape index (κ3) is 3.93. The Balaban J connectivity index is 1.96. The molecule has 1 aromatic carbocycles. The number of nitrogens with one attached hydrogen (secondary N) is 2. The molecule has 0 aliphatic carbocycles. The molecule has 0 fully saturated rings. The van der Waals surface area contributed by atoms with E-state index in [9.17, 15) is 9.90 Å². The highest BCUT2D eigenvalue weighted by Gasteiger charge is 2.22. The Labute approximate surface area is 118 Å². The van der Waals surface area contributed by atoms with Crippen LogP contribution in [0.5, 0.6) is 0 Å². The zero-order valence-electron chi connectivity index (χ0n) is 10.7. The smallest absolute Gasteiger partial charge is 0.237 e. The Morgan fingerprint density at radius 3 is 2.95 bits per heavy atom. The number of fused-ring (bicyclic) bond motifs is 1. The van der Waals surface area contributed by atoms with Gasteiger partial charge in [0.1, 0.15) is 0 Å². The van der Waals surface area contributed by atoms with E-state index in [4.69, 9.17) is 11.6 Å². The second-order valence-corrected chi connectivity index (χ2v) is 5.09. The molecule has 2 atom stereocenters. The maximum absolute atomic E-state index is 12.1. The highest BCUT2D eigenvalue weighted by Crippen LogP contribution is 2.14. The third-order valence-electron chi connectivity index (χ3n) is 3.33. The van der Waals surface area contributed by atoms with Crippen molar-refractivity contribution in [2.75, 3.05) is 19.0 Å². The van der Waals surface area contributed by atoms with Crippen molar-refractivity contribution in [3.05, 3.63) is 35.4 Å². The van der Waals surface area contributed by atoms with Crippen LogP contribution in [0, 0.1) is 0 Å². The minimum atomic E-state index is -0.691. The molecule has 0 saturated carbocycles. The van der Waals surface area contributed by atoms with Crippen LogP contribution in [0.4, 0.5) is 0 Å². The van der Waals surface area contributed by atoms with Crippen LogP contribution in [0.1, 0.15) is 11.1 Å². The third-order valence-corrected chi connectivity index (χ3v) is 3.69. The zero-order chi connectivity index (χ0) is 13.7. The lowest BCUT2D eigenvalue weighted by atomic mass is 10.0. The fourth-order valence-electron chi connectivity index (χ4n) is 2.26. The van der Waals surface area contributed by atoms with Gasteiger partial charge in [-0.05, 0) is 30.5 Å². The molecule has 1 unspecified atom stereocenters. The molecule has 0 spiro atoms. The second-order valence-electron chi connectivity index (χ2n) is 4.78. The first-order valence-electron chi connectivity index (χ1n) is 6.52. The van der Waals surface area contributed by atoms with Crippen molar-refractivity contribution < 1.29 is 9.90 Å². The SMILES string of the molecule is O=C(NC[C@@H](O)CCl)C1Cc2ccccc2CCN1. The molecule has 0 radical (unpaired) electrons. The molecule has 4 nitrogen and oxygen atoms in total. The first-order valence-corrected chi connectivity index (χ1v) is 7.06. The number of carbonyl (C=O) groups is 1. The van der Waals surface area contributed by atoms with E-state index in [1.54, 1.807) is 0 Å². The van der Waals surface area contributed by atoms with Gasteiger partial charge in [-0.25, -0.2) is 0 Å². The zero-order valence-corrected chi connectivity index (χ0v) is 11.5. The lowest BCUT2D eigenvalue weighted by Gasteiger charge is -2.17. The van der Waals surface area contributed by atoms with Crippen molar-refractivity contribution in [2.24, 2.45) is 0 Å². The van der Waals surface area contributed by atoms with Gasteiger partial charge in [0.05, 0.1) is 18.0 Å². The molecule has 0 saturated heterocycles. The number of rotatable bonds is 4. The molecule has 1 aromatic rings. The molecule has 5 heteroatoms. The van der Waals surface area contributed by atoms with Crippen LogP contribution in [0.3, 0.4) is 0 Å². The van der Waals surface area contributed by atoms with E-state index in [0.29, 0.717) is 6.42 Å². The van der Waals surface area contributed by atoms with Crippen LogP contribution in [0.15, 0.2) is 24.3 Å². The Kier molecular flexibility index (Phi) is 5.19. The molecule has 0 aromatic heterocycles. The Morgan fingerprint density at radius 1 is 1.47 bits per heavy atom. The fourth-order valence-corrected chi connectivity index (χ4v) is 2.36. The number of aliphatic hydroxyl groups excluding tert-OH is 1. The molecule has 0 bridgehead atoms. The van der Waals surface area contributed by atoms with Crippen LogP contribution < -0.4 is 10.6 Å². The minimum absolute atomic E-state index is 0.0825. The summed E-state index contributed by atoms with van der Waals surface area (Å²) in [4.78, 5) is 12.1. The summed E-state index contributed by atoms with van der Waals surface area (Å²) in [6.45, 7) is 0.981. The summed E-state index contributed by atoms with van der Waals surface area (Å²) in [7, 11) is 0. The fraction of sp³-hybridized carbons (Fsp3) is 0.500. The summed E-state index contributed by atoms with van der Waals surface area (Å²) in [5, 5.41) is 15.3. The average molecular weight is 283 g/mol. The van der Waals surface area contributed by atoms with Crippen LogP contribution in [0.2, 0.25) is 0 Å². The van der Waals surface area contributed by atoms with Gasteiger partial charge >= 0.3 is 0 Å². The van der Waals surface area contributed by atoms with Crippen LogP contribution in [-0.2, 0) is 17.6 Å². The molecule has 104 valence electrons. The summed E-state index contributed by atoms with van der Waals surface area (Å²) in [5.74, 6) is 0.0437. The molecule has 1 aliphatic rings. The lowest BCUT2D eigenvalue weighted by molar-refractivity contribution is -0.123. The van der Waals surface area contributed by atoms with Crippen molar-refractivity contribution in [3.8, 4) is 0 Å². The van der Waals surface area contributed by atoms with Gasteiger partial charge in [-0.2, -0.15) is 0 Å². The Bertz CT molecular complexity index is 439. The Morgan fingerprint density at radius 2 is 2.21 bits per heavy atom. The number of hydrogen-bond donors (Lipinski definition) is 3. The first kappa shape index (κ1) is 14.3. The van der Waals surface area contributed by atoms with Gasteiger partial charge in [0, 0.05) is 6.54 Å². The van der Waals surface area contributed by atoms with Gasteiger partial charge in [-0.3, -0.25) is 4.79 Å². The number of halogens is 1. The average Bonchev–Trinajstić information content (AvgIpc) is 2.66. The first-order chi connectivity index (χ1) is 9.20. The summed E-state index contributed by atoms with van der Waals surface area (Å²) >= 11 is 5.50. The predicted molar refractivity (Wildman–Crippen MR) is 75.4 cm³/mol. The van der Waals surface area contributed by atoms with Crippen molar-refractivity contribution in [2.45, 2.75) is 25.0 Å². The van der Waals surface area contributed by atoms with Crippen molar-refractivity contribution in [1.29, 1.82) is 0 Å². The summed E-state index contributed by atoms with van der Waals surface area (Å²) in [6, 6.07) is 7.95. The highest BCUT2D eigenvalue weighted by atomic mass is 35.5. The molecule has 1 amide bonds. The van der Waals surface area contributed by atoms with Crippen LogP contribution in [0.25, 0.3) is 0 Å². The van der Waals surface area contributed by atoms with Crippen molar-refractivity contribution in [3.63, 3.8) is 0 Å². The summed E-state index contributed by atoms with van der Waals surface area (Å²) in [6.07, 6.45) is 0.923. The van der Waals surface area contributed by atoms with E-state index >= 15 is 0 Å². The van der Waals surface area contributed by atoms with Crippen molar-refractivity contribution in [1.82, 2.24) is 10.6 Å². The van der Waals surface area contributed by atoms with E-state index < -0.39 is 6.10 Å². The normalized spacial score (nSPS) is 20.2. The maximum atomic E-state index is 12.1. The second kappa shape index (κ2) is 6.89. The van der Waals surface area contributed by atoms with E-state index in [1.165, 1.54) is 11.1 Å². The van der Waals surface area contributed by atoms with Gasteiger partial charge in [0.15, 0.2) is 0 Å². The molecule has 1 heterocycles. The molecular weight excluding hydrogens is 264 g/mol. The molecule has 19 heavy (non-hydrogen) atoms. The van der Waals surface area contributed by atoms with E-state index in [2.05, 4.69) is 22.8 Å². The number of hydrogen-bond acceptors (Lipinski definition) is 3. The number of carbonyl (C=O) groups excluding carboxylic acids is 1.